The molecule has 0 saturated carbocycles. The first-order chi connectivity index (χ1) is 29.7. The molecule has 0 aliphatic carbocycles. The number of aromatic nitrogens is 1. The van der Waals surface area contributed by atoms with Crippen molar-refractivity contribution in [3.63, 3.8) is 0 Å². The van der Waals surface area contributed by atoms with Crippen molar-refractivity contribution in [3.8, 4) is 0 Å². The minimum absolute atomic E-state index is 0.0440. The molecule has 342 valence electrons. The minimum atomic E-state index is -1.61. The number of benzene rings is 2. The number of carboxylic acid groups (broad SMARTS) is 1. The Morgan fingerprint density at radius 3 is 2.10 bits per heavy atom. The van der Waals surface area contributed by atoms with Crippen LogP contribution in [0.3, 0.4) is 0 Å². The van der Waals surface area contributed by atoms with Crippen LogP contribution >= 0.6 is 0 Å². The minimum Gasteiger partial charge on any atom is -0.480 e. The van der Waals surface area contributed by atoms with Gasteiger partial charge in [-0.25, -0.2) is 14.4 Å². The van der Waals surface area contributed by atoms with Crippen molar-refractivity contribution in [1.29, 1.82) is 0 Å². The first-order valence-corrected chi connectivity index (χ1v) is 21.0. The van der Waals surface area contributed by atoms with Crippen LogP contribution < -0.4 is 21.3 Å². The van der Waals surface area contributed by atoms with E-state index in [2.05, 4.69) is 21.3 Å². The largest absolute Gasteiger partial charge is 0.480 e. The number of alkyl carbamates (subject to hydrolysis) is 1. The maximum absolute atomic E-state index is 14.6. The number of hydrogen-bond donors (Lipinski definition) is 5. The zero-order valence-electron chi connectivity index (χ0n) is 37.1. The number of esters is 1. The summed E-state index contributed by atoms with van der Waals surface area (Å²) in [5.41, 5.74) is 0.637. The van der Waals surface area contributed by atoms with Gasteiger partial charge in [0.25, 0.3) is 0 Å². The van der Waals surface area contributed by atoms with Crippen LogP contribution in [0.5, 0.6) is 0 Å². The van der Waals surface area contributed by atoms with Gasteiger partial charge in [0, 0.05) is 24.5 Å². The number of amides is 5. The number of methoxy groups -OCH3 is 1. The van der Waals surface area contributed by atoms with Crippen LogP contribution in [0.2, 0.25) is 0 Å². The third-order valence-electron chi connectivity index (χ3n) is 10.2. The number of ether oxygens (including phenoxy) is 3. The van der Waals surface area contributed by atoms with Crippen LogP contribution in [0.25, 0.3) is 10.9 Å². The lowest BCUT2D eigenvalue weighted by molar-refractivity contribution is -0.150. The fourth-order valence-electron chi connectivity index (χ4n) is 7.22. The number of likely N-dealkylation sites (tertiary alicyclic amines) is 1. The molecule has 1 aliphatic rings. The first kappa shape index (κ1) is 49.2. The Morgan fingerprint density at radius 1 is 0.825 bits per heavy atom. The average molecular weight is 877 g/mol. The van der Waals surface area contributed by atoms with Gasteiger partial charge >= 0.3 is 24.1 Å². The summed E-state index contributed by atoms with van der Waals surface area (Å²) in [7, 11) is 1.22. The molecule has 1 saturated heterocycles. The molecule has 4 rings (SSSR count). The number of fused-ring (bicyclic) bond motifs is 1. The number of carboxylic acids is 1. The van der Waals surface area contributed by atoms with Gasteiger partial charge in [0.15, 0.2) is 0 Å². The molecule has 0 radical (unpaired) electrons. The quantitative estimate of drug-likeness (QED) is 0.0899. The van der Waals surface area contributed by atoms with Crippen LogP contribution in [-0.2, 0) is 56.0 Å². The third-order valence-corrected chi connectivity index (χ3v) is 10.2. The fraction of sp³-hybridized carbons (Fsp3) is 0.511. The highest BCUT2D eigenvalue weighted by molar-refractivity contribution is 5.98. The number of nitrogens with zero attached hydrogens (tertiary/aromatic N) is 2. The summed E-state index contributed by atoms with van der Waals surface area (Å²) in [5, 5.41) is 20.7. The molecular weight excluding hydrogens is 817 g/mol. The van der Waals surface area contributed by atoms with E-state index in [1.807, 2.05) is 13.8 Å². The van der Waals surface area contributed by atoms with E-state index in [0.29, 0.717) is 28.5 Å². The average Bonchev–Trinajstić information content (AvgIpc) is 3.86. The number of aliphatic carboxylic acids is 1. The maximum atomic E-state index is 14.6. The predicted molar refractivity (Wildman–Crippen MR) is 230 cm³/mol. The molecule has 5 atom stereocenters. The summed E-state index contributed by atoms with van der Waals surface area (Å²) in [6.45, 7) is 11.8. The third kappa shape index (κ3) is 14.0. The summed E-state index contributed by atoms with van der Waals surface area (Å²) in [5.74, 6) is -5.67. The predicted octanol–water partition coefficient (Wildman–Crippen LogP) is 4.06. The van der Waals surface area contributed by atoms with Crippen molar-refractivity contribution in [2.75, 3.05) is 13.7 Å². The van der Waals surface area contributed by atoms with Gasteiger partial charge < -0.3 is 45.5 Å². The number of carbonyl (C=O) groups is 8. The van der Waals surface area contributed by atoms with E-state index in [1.54, 1.807) is 89.2 Å². The summed E-state index contributed by atoms with van der Waals surface area (Å²) in [6.07, 6.45) is -0.334. The van der Waals surface area contributed by atoms with Gasteiger partial charge in [-0.3, -0.25) is 28.5 Å². The standard InChI is InChI=1S/C45H60N6O12/c1-26(2)21-33(42(57)58)47-40(55)37(27(3)4)49-39(54)35-19-14-20-50(35)41(56)32(23-36(52)62-25-28-15-10-9-11-16-28)46-38(53)31(48-43(59)63-45(5,6)7)22-29-24-51(44(60)61-8)34-18-13-12-17-30(29)34/h9-13,15-18,24,26-27,31-33,35,37H,14,19-23,25H2,1-8H3,(H,46,53)(H,47,55)(H,48,59)(H,49,54)(H,57,58)/t31-,32-,33+,35+,37-/m1/s1. The molecule has 0 bridgehead atoms. The van der Waals surface area contributed by atoms with Gasteiger partial charge in [0.2, 0.25) is 23.6 Å². The molecule has 1 fully saturated rings. The molecule has 0 spiro atoms. The van der Waals surface area contributed by atoms with Crippen LogP contribution in [0.4, 0.5) is 9.59 Å². The molecule has 1 aromatic heterocycles. The SMILES string of the molecule is COC(=O)n1cc(C[C@@H](NC(=O)OC(C)(C)C)C(=O)N[C@H](CC(=O)OCc2ccccc2)C(=O)N2CCC[C@H]2C(=O)N[C@@H](C(=O)N[C@@H](CC(C)C)C(=O)O)C(C)C)c2ccccc21. The molecule has 0 unspecified atom stereocenters. The van der Waals surface area contributed by atoms with Crippen molar-refractivity contribution < 1.29 is 57.7 Å². The second-order valence-electron chi connectivity index (χ2n) is 17.3. The van der Waals surface area contributed by atoms with Crippen LogP contribution in [0.15, 0.2) is 60.8 Å². The summed E-state index contributed by atoms with van der Waals surface area (Å²) < 4.78 is 17.2. The van der Waals surface area contributed by atoms with Gasteiger partial charge in [0.1, 0.15) is 42.4 Å². The number of para-hydroxylation sites is 1. The van der Waals surface area contributed by atoms with Gasteiger partial charge in [-0.15, -0.1) is 0 Å². The summed E-state index contributed by atoms with van der Waals surface area (Å²) >= 11 is 0. The van der Waals surface area contributed by atoms with Gasteiger partial charge in [-0.1, -0.05) is 76.2 Å². The highest BCUT2D eigenvalue weighted by Gasteiger charge is 2.41. The molecule has 5 amide bonds. The fourth-order valence-corrected chi connectivity index (χ4v) is 7.22. The van der Waals surface area contributed by atoms with Gasteiger partial charge in [-0.05, 0) is 69.1 Å². The van der Waals surface area contributed by atoms with E-state index < -0.39 is 95.9 Å². The van der Waals surface area contributed by atoms with E-state index in [0.717, 1.165) is 0 Å². The number of nitrogens with one attached hydrogen (secondary N) is 4. The maximum Gasteiger partial charge on any atom is 0.418 e. The van der Waals surface area contributed by atoms with Crippen LogP contribution in [0, 0.1) is 11.8 Å². The van der Waals surface area contributed by atoms with Crippen molar-refractivity contribution in [2.45, 2.75) is 123 Å². The van der Waals surface area contributed by atoms with Gasteiger partial charge in [-0.2, -0.15) is 0 Å². The lowest BCUT2D eigenvalue weighted by Crippen LogP contribution is -2.59. The molecule has 5 N–H and O–H groups in total. The van der Waals surface area contributed by atoms with E-state index in [1.165, 1.54) is 22.8 Å². The normalized spacial score (nSPS) is 15.8. The van der Waals surface area contributed by atoms with Crippen molar-refractivity contribution in [3.05, 3.63) is 71.9 Å². The van der Waals surface area contributed by atoms with Crippen molar-refractivity contribution >= 4 is 58.7 Å². The molecule has 2 aromatic carbocycles. The number of carbonyl (C=O) groups excluding carboxylic acids is 7. The second kappa shape index (κ2) is 22.1. The van der Waals surface area contributed by atoms with Crippen molar-refractivity contribution in [2.24, 2.45) is 11.8 Å². The molecule has 2 heterocycles. The Balaban J connectivity index is 1.65. The highest BCUT2D eigenvalue weighted by atomic mass is 16.6. The molecule has 18 nitrogen and oxygen atoms in total. The van der Waals surface area contributed by atoms with E-state index in [9.17, 15) is 43.5 Å². The molecule has 1 aliphatic heterocycles. The van der Waals surface area contributed by atoms with Crippen molar-refractivity contribution in [1.82, 2.24) is 30.7 Å². The van der Waals surface area contributed by atoms with E-state index >= 15 is 0 Å². The van der Waals surface area contributed by atoms with Gasteiger partial charge in [0.05, 0.1) is 19.0 Å². The number of hydrogen-bond acceptors (Lipinski definition) is 11. The Morgan fingerprint density at radius 2 is 1.48 bits per heavy atom. The zero-order chi connectivity index (χ0) is 46.6. The summed E-state index contributed by atoms with van der Waals surface area (Å²) in [6, 6.07) is 9.15. The monoisotopic (exact) mass is 876 g/mol. The molecule has 18 heteroatoms. The lowest BCUT2D eigenvalue weighted by atomic mass is 10.00. The Hall–Kier alpha value is -6.46. The Bertz CT molecular complexity index is 2130. The Kier molecular flexibility index (Phi) is 17.2. The van der Waals surface area contributed by atoms with E-state index in [-0.39, 0.29) is 38.3 Å². The molecule has 3 aromatic rings. The highest BCUT2D eigenvalue weighted by Crippen LogP contribution is 2.25. The van der Waals surface area contributed by atoms with E-state index in [4.69, 9.17) is 14.2 Å². The zero-order valence-corrected chi connectivity index (χ0v) is 37.1. The topological polar surface area (TPSA) is 241 Å². The smallest absolute Gasteiger partial charge is 0.418 e. The lowest BCUT2D eigenvalue weighted by Gasteiger charge is -2.31. The first-order valence-electron chi connectivity index (χ1n) is 21.0. The molecule has 63 heavy (non-hydrogen) atoms. The second-order valence-corrected chi connectivity index (χ2v) is 17.3. The number of rotatable bonds is 18. The van der Waals surface area contributed by atoms with Crippen LogP contribution in [0.1, 0.15) is 85.3 Å². The van der Waals surface area contributed by atoms with Crippen LogP contribution in [-0.4, -0.2) is 112 Å². The molecular formula is C45H60N6O12. The summed E-state index contributed by atoms with van der Waals surface area (Å²) in [4.78, 5) is 109. The Labute approximate surface area is 366 Å².